The molecular weight excluding hydrogens is 221 g/mol. The molecule has 1 N–H and O–H groups in total. The number of imidazole rings is 1. The summed E-state index contributed by atoms with van der Waals surface area (Å²) in [4.78, 5) is 4.26. The van der Waals surface area contributed by atoms with Crippen LogP contribution in [-0.2, 0) is 6.54 Å². The van der Waals surface area contributed by atoms with Gasteiger partial charge in [-0.2, -0.15) is 0 Å². The Kier molecular flexibility index (Phi) is 5.53. The molecule has 0 fully saturated rings. The van der Waals surface area contributed by atoms with Crippen molar-refractivity contribution in [3.05, 3.63) is 36.3 Å². The number of nitrogens with zero attached hydrogens (tertiary/aromatic N) is 2. The van der Waals surface area contributed by atoms with E-state index in [4.69, 9.17) is 0 Å². The van der Waals surface area contributed by atoms with Gasteiger partial charge in [-0.05, 0) is 19.2 Å². The quantitative estimate of drug-likeness (QED) is 0.859. The predicted octanol–water partition coefficient (Wildman–Crippen LogP) is 1.90. The molecule has 0 saturated carbocycles. The molecule has 14 heavy (non-hydrogen) atoms. The average Bonchev–Trinajstić information content (AvgIpc) is 2.50. The summed E-state index contributed by atoms with van der Waals surface area (Å²) < 4.78 is 2.08. The fraction of sp³-hybridized carbons (Fsp3) is 0.222. The zero-order chi connectivity index (χ0) is 8.39. The van der Waals surface area contributed by atoms with Crippen molar-refractivity contribution >= 4 is 30.5 Å². The molecule has 0 unspecified atom stereocenters. The van der Waals surface area contributed by atoms with Gasteiger partial charge in [0.05, 0.1) is 11.9 Å². The van der Waals surface area contributed by atoms with Crippen LogP contribution in [0, 0.1) is 0 Å². The van der Waals surface area contributed by atoms with Gasteiger partial charge in [-0.3, -0.25) is 0 Å². The second kappa shape index (κ2) is 5.86. The van der Waals surface area contributed by atoms with E-state index in [2.05, 4.69) is 14.7 Å². The monoisotopic (exact) mass is 233 g/mol. The third-order valence-corrected chi connectivity index (χ3v) is 1.85. The van der Waals surface area contributed by atoms with Crippen molar-refractivity contribution in [3.63, 3.8) is 0 Å². The molecule has 2 rings (SSSR count). The van der Waals surface area contributed by atoms with Crippen molar-refractivity contribution in [3.8, 4) is 0 Å². The zero-order valence-electron chi connectivity index (χ0n) is 7.80. The van der Waals surface area contributed by atoms with Gasteiger partial charge < -0.3 is 9.72 Å². The van der Waals surface area contributed by atoms with Crippen molar-refractivity contribution in [2.24, 2.45) is 0 Å². The summed E-state index contributed by atoms with van der Waals surface area (Å²) in [6.07, 6.45) is 3.92. The van der Waals surface area contributed by atoms with Gasteiger partial charge in [-0.1, -0.05) is 6.07 Å². The van der Waals surface area contributed by atoms with Crippen LogP contribution in [0.3, 0.4) is 0 Å². The van der Waals surface area contributed by atoms with Gasteiger partial charge >= 0.3 is 0 Å². The Bertz CT molecular complexity index is 386. The van der Waals surface area contributed by atoms with Crippen molar-refractivity contribution in [1.29, 1.82) is 0 Å². The number of hydrogen-bond acceptors (Lipinski definition) is 2. The van der Waals surface area contributed by atoms with E-state index in [1.807, 2.05) is 37.6 Å². The summed E-state index contributed by atoms with van der Waals surface area (Å²) in [5.41, 5.74) is 2.19. The van der Waals surface area contributed by atoms with Crippen LogP contribution in [0.2, 0.25) is 0 Å². The molecule has 5 heteroatoms. The van der Waals surface area contributed by atoms with Crippen LogP contribution in [0.1, 0.15) is 5.69 Å². The zero-order valence-corrected chi connectivity index (χ0v) is 9.44. The van der Waals surface area contributed by atoms with Crippen molar-refractivity contribution in [2.45, 2.75) is 6.54 Å². The van der Waals surface area contributed by atoms with Gasteiger partial charge in [0, 0.05) is 12.7 Å². The number of halogens is 2. The highest BCUT2D eigenvalue weighted by atomic mass is 35.5. The van der Waals surface area contributed by atoms with Gasteiger partial charge in [-0.25, -0.2) is 4.98 Å². The number of aromatic nitrogens is 2. The minimum atomic E-state index is 0. The smallest absolute Gasteiger partial charge is 0.136 e. The highest BCUT2D eigenvalue weighted by molar-refractivity contribution is 5.85. The molecule has 2 aromatic heterocycles. The first-order chi connectivity index (χ1) is 5.92. The van der Waals surface area contributed by atoms with Crippen LogP contribution in [-0.4, -0.2) is 16.4 Å². The SMILES string of the molecule is CNCc1cnc2ccccn12.Cl.Cl. The Morgan fingerprint density at radius 2 is 2.14 bits per heavy atom. The van der Waals surface area contributed by atoms with E-state index >= 15 is 0 Å². The number of pyridine rings is 1. The summed E-state index contributed by atoms with van der Waals surface area (Å²) >= 11 is 0. The maximum atomic E-state index is 4.26. The molecule has 0 aromatic carbocycles. The standard InChI is InChI=1S/C9H11N3.2ClH/c1-10-6-8-7-11-9-4-2-3-5-12(8)9;;/h2-5,7,10H,6H2,1H3;2*1H. The van der Waals surface area contributed by atoms with E-state index in [1.54, 1.807) is 0 Å². The fourth-order valence-corrected chi connectivity index (χ4v) is 1.30. The van der Waals surface area contributed by atoms with E-state index in [9.17, 15) is 0 Å². The first kappa shape index (κ1) is 13.2. The summed E-state index contributed by atoms with van der Waals surface area (Å²) in [5.74, 6) is 0. The molecule has 0 radical (unpaired) electrons. The summed E-state index contributed by atoms with van der Waals surface area (Å²) in [5, 5.41) is 3.10. The van der Waals surface area contributed by atoms with Crippen molar-refractivity contribution in [2.75, 3.05) is 7.05 Å². The second-order valence-corrected chi connectivity index (χ2v) is 2.71. The Morgan fingerprint density at radius 1 is 1.36 bits per heavy atom. The van der Waals surface area contributed by atoms with Gasteiger partial charge in [0.25, 0.3) is 0 Å². The summed E-state index contributed by atoms with van der Waals surface area (Å²) in [7, 11) is 1.93. The second-order valence-electron chi connectivity index (χ2n) is 2.71. The lowest BCUT2D eigenvalue weighted by Gasteiger charge is -1.98. The van der Waals surface area contributed by atoms with E-state index < -0.39 is 0 Å². The van der Waals surface area contributed by atoms with Gasteiger partial charge in [0.2, 0.25) is 0 Å². The normalized spacial score (nSPS) is 9.21. The highest BCUT2D eigenvalue weighted by Gasteiger charge is 1.98. The van der Waals surface area contributed by atoms with Crippen LogP contribution in [0.4, 0.5) is 0 Å². The van der Waals surface area contributed by atoms with Crippen LogP contribution >= 0.6 is 24.8 Å². The fourth-order valence-electron chi connectivity index (χ4n) is 1.30. The number of hydrogen-bond donors (Lipinski definition) is 1. The number of rotatable bonds is 2. The first-order valence-electron chi connectivity index (χ1n) is 3.97. The lowest BCUT2D eigenvalue weighted by atomic mass is 10.4. The number of nitrogens with one attached hydrogen (secondary N) is 1. The molecule has 0 atom stereocenters. The maximum absolute atomic E-state index is 4.26. The average molecular weight is 234 g/mol. The van der Waals surface area contributed by atoms with Crippen LogP contribution in [0.5, 0.6) is 0 Å². The van der Waals surface area contributed by atoms with E-state index in [0.717, 1.165) is 12.2 Å². The largest absolute Gasteiger partial charge is 0.314 e. The van der Waals surface area contributed by atoms with E-state index in [0.29, 0.717) is 0 Å². The van der Waals surface area contributed by atoms with Crippen LogP contribution in [0.25, 0.3) is 5.65 Å². The summed E-state index contributed by atoms with van der Waals surface area (Å²) in [6.45, 7) is 0.852. The third-order valence-electron chi connectivity index (χ3n) is 1.85. The highest BCUT2D eigenvalue weighted by Crippen LogP contribution is 2.04. The molecule has 2 heterocycles. The summed E-state index contributed by atoms with van der Waals surface area (Å²) in [6, 6.07) is 6.00. The molecule has 0 aliphatic rings. The Labute approximate surface area is 95.4 Å². The minimum Gasteiger partial charge on any atom is -0.314 e. The molecule has 3 nitrogen and oxygen atoms in total. The molecule has 0 aliphatic carbocycles. The Morgan fingerprint density at radius 3 is 2.86 bits per heavy atom. The van der Waals surface area contributed by atoms with Gasteiger partial charge in [-0.15, -0.1) is 24.8 Å². The third kappa shape index (κ3) is 2.38. The lowest BCUT2D eigenvalue weighted by molar-refractivity contribution is 0.782. The lowest BCUT2D eigenvalue weighted by Crippen LogP contribution is -2.07. The van der Waals surface area contributed by atoms with Crippen molar-refractivity contribution in [1.82, 2.24) is 14.7 Å². The minimum absolute atomic E-state index is 0. The van der Waals surface area contributed by atoms with Gasteiger partial charge in [0.15, 0.2) is 0 Å². The molecule has 78 valence electrons. The predicted molar refractivity (Wildman–Crippen MR) is 62.5 cm³/mol. The molecule has 2 aromatic rings. The first-order valence-corrected chi connectivity index (χ1v) is 3.97. The van der Waals surface area contributed by atoms with Gasteiger partial charge in [0.1, 0.15) is 5.65 Å². The molecule has 0 aliphatic heterocycles. The number of fused-ring (bicyclic) bond motifs is 1. The van der Waals surface area contributed by atoms with E-state index in [1.165, 1.54) is 5.69 Å². The van der Waals surface area contributed by atoms with Crippen LogP contribution < -0.4 is 5.32 Å². The van der Waals surface area contributed by atoms with E-state index in [-0.39, 0.29) is 24.8 Å². The van der Waals surface area contributed by atoms with Crippen molar-refractivity contribution < 1.29 is 0 Å². The molecule has 0 spiro atoms. The Hall–Kier alpha value is -0.770. The molecule has 0 saturated heterocycles. The topological polar surface area (TPSA) is 29.3 Å². The maximum Gasteiger partial charge on any atom is 0.136 e. The van der Waals surface area contributed by atoms with Crippen LogP contribution in [0.15, 0.2) is 30.6 Å². The molecule has 0 bridgehead atoms. The molecule has 0 amide bonds. The molecular formula is C9H13Cl2N3. The Balaban J connectivity index is 0.000000845.